The van der Waals surface area contributed by atoms with E-state index < -0.39 is 10.0 Å². The first-order valence-electron chi connectivity index (χ1n) is 5.56. The fraction of sp³-hybridized carbons (Fsp3) is 0.182. The molecule has 2 aromatic rings. The summed E-state index contributed by atoms with van der Waals surface area (Å²) in [6, 6.07) is 5.82. The fourth-order valence-corrected chi connectivity index (χ4v) is 2.82. The summed E-state index contributed by atoms with van der Waals surface area (Å²) in [6.07, 6.45) is 3.14. The van der Waals surface area contributed by atoms with Gasteiger partial charge in [-0.3, -0.25) is 4.68 Å². The number of halogens is 1. The van der Waals surface area contributed by atoms with Gasteiger partial charge in [0.1, 0.15) is 6.07 Å². The smallest absolute Gasteiger partial charge is 0.240 e. The maximum absolute atomic E-state index is 12.0. The summed E-state index contributed by atoms with van der Waals surface area (Å²) in [4.78, 5) is 0.0140. The van der Waals surface area contributed by atoms with Crippen LogP contribution in [0.25, 0.3) is 0 Å². The van der Waals surface area contributed by atoms with Gasteiger partial charge < -0.3 is 0 Å². The number of hydrogen-bond acceptors (Lipinski definition) is 5. The van der Waals surface area contributed by atoms with Gasteiger partial charge in [0.25, 0.3) is 0 Å². The summed E-state index contributed by atoms with van der Waals surface area (Å²) in [5.41, 5.74) is 0.230. The van der Waals surface area contributed by atoms with Gasteiger partial charge >= 0.3 is 0 Å². The Bertz CT molecular complexity index is 737. The summed E-state index contributed by atoms with van der Waals surface area (Å²) < 4.78 is 28.0. The molecule has 0 amide bonds. The second-order valence-corrected chi connectivity index (χ2v) is 5.99. The van der Waals surface area contributed by atoms with Gasteiger partial charge in [-0.05, 0) is 18.2 Å². The van der Waals surface area contributed by atoms with Crippen molar-refractivity contribution in [2.75, 3.05) is 6.54 Å². The summed E-state index contributed by atoms with van der Waals surface area (Å²) in [5, 5.41) is 16.2. The Labute approximate surface area is 120 Å². The molecule has 1 N–H and O–H groups in total. The Balaban J connectivity index is 2.06. The fourth-order valence-electron chi connectivity index (χ4n) is 1.48. The molecular weight excluding hydrogens is 302 g/mol. The van der Waals surface area contributed by atoms with E-state index in [0.717, 1.165) is 0 Å². The molecule has 0 aliphatic heterocycles. The monoisotopic (exact) mass is 311 g/mol. The first-order chi connectivity index (χ1) is 9.53. The standard InChI is InChI=1S/C11H10ClN5O2S/c12-11-7-10(2-1-9(11)8-13)20(18,19)15-4-6-17-5-3-14-16-17/h1-3,5,7,15H,4,6H2. The van der Waals surface area contributed by atoms with Crippen LogP contribution in [0.2, 0.25) is 5.02 Å². The van der Waals surface area contributed by atoms with Crippen LogP contribution in [0, 0.1) is 11.3 Å². The number of benzene rings is 1. The zero-order valence-electron chi connectivity index (χ0n) is 10.2. The molecule has 0 saturated heterocycles. The molecule has 0 aliphatic rings. The van der Waals surface area contributed by atoms with Crippen molar-refractivity contribution in [3.05, 3.63) is 41.2 Å². The van der Waals surface area contributed by atoms with E-state index in [1.54, 1.807) is 6.20 Å². The van der Waals surface area contributed by atoms with Crippen molar-refractivity contribution in [3.8, 4) is 6.07 Å². The maximum atomic E-state index is 12.0. The molecule has 0 radical (unpaired) electrons. The lowest BCUT2D eigenvalue weighted by molar-refractivity contribution is 0.553. The molecule has 2 rings (SSSR count). The minimum atomic E-state index is -3.67. The molecule has 0 atom stereocenters. The highest BCUT2D eigenvalue weighted by molar-refractivity contribution is 7.89. The molecule has 0 spiro atoms. The number of aromatic nitrogens is 3. The van der Waals surface area contributed by atoms with E-state index in [2.05, 4.69) is 15.0 Å². The van der Waals surface area contributed by atoms with Crippen LogP contribution in [-0.2, 0) is 16.6 Å². The van der Waals surface area contributed by atoms with Gasteiger partial charge in [0.2, 0.25) is 10.0 Å². The molecule has 1 aromatic carbocycles. The van der Waals surface area contributed by atoms with E-state index in [1.807, 2.05) is 6.07 Å². The Hall–Kier alpha value is -1.95. The van der Waals surface area contributed by atoms with Crippen molar-refractivity contribution >= 4 is 21.6 Å². The van der Waals surface area contributed by atoms with Crippen molar-refractivity contribution < 1.29 is 8.42 Å². The van der Waals surface area contributed by atoms with Gasteiger partial charge in [-0.15, -0.1) is 5.10 Å². The molecule has 0 unspecified atom stereocenters. The highest BCUT2D eigenvalue weighted by Crippen LogP contribution is 2.19. The molecule has 0 saturated carbocycles. The summed E-state index contributed by atoms with van der Waals surface area (Å²) >= 11 is 5.81. The average molecular weight is 312 g/mol. The summed E-state index contributed by atoms with van der Waals surface area (Å²) in [7, 11) is -3.67. The van der Waals surface area contributed by atoms with Crippen molar-refractivity contribution in [2.45, 2.75) is 11.4 Å². The minimum Gasteiger partial charge on any atom is -0.251 e. The van der Waals surface area contributed by atoms with Crippen LogP contribution < -0.4 is 4.72 Å². The minimum absolute atomic E-state index is 0.0140. The van der Waals surface area contributed by atoms with E-state index in [4.69, 9.17) is 16.9 Å². The average Bonchev–Trinajstić information content (AvgIpc) is 2.91. The van der Waals surface area contributed by atoms with Gasteiger partial charge in [0, 0.05) is 12.7 Å². The molecule has 0 fully saturated rings. The van der Waals surface area contributed by atoms with E-state index in [-0.39, 0.29) is 22.0 Å². The Morgan fingerprint density at radius 1 is 1.45 bits per heavy atom. The Morgan fingerprint density at radius 2 is 2.25 bits per heavy atom. The van der Waals surface area contributed by atoms with Crippen LogP contribution in [0.4, 0.5) is 0 Å². The molecular formula is C11H10ClN5O2S. The first-order valence-corrected chi connectivity index (χ1v) is 7.42. The highest BCUT2D eigenvalue weighted by atomic mass is 35.5. The molecule has 9 heteroatoms. The predicted molar refractivity (Wildman–Crippen MR) is 71.4 cm³/mol. The Morgan fingerprint density at radius 3 is 2.85 bits per heavy atom. The van der Waals surface area contributed by atoms with Gasteiger partial charge in [0.15, 0.2) is 0 Å². The third-order valence-corrected chi connectivity index (χ3v) is 4.25. The quantitative estimate of drug-likeness (QED) is 0.879. The van der Waals surface area contributed by atoms with Crippen LogP contribution >= 0.6 is 11.6 Å². The SMILES string of the molecule is N#Cc1ccc(S(=O)(=O)NCCn2ccnn2)cc1Cl. The second kappa shape index (κ2) is 6.00. The van der Waals surface area contributed by atoms with Crippen LogP contribution in [0.1, 0.15) is 5.56 Å². The normalized spacial score (nSPS) is 11.2. The van der Waals surface area contributed by atoms with E-state index >= 15 is 0 Å². The number of sulfonamides is 1. The molecule has 104 valence electrons. The Kier molecular flexibility index (Phi) is 4.34. The number of nitrogens with zero attached hydrogens (tertiary/aromatic N) is 4. The van der Waals surface area contributed by atoms with Crippen LogP contribution in [0.3, 0.4) is 0 Å². The van der Waals surface area contributed by atoms with E-state index in [9.17, 15) is 8.42 Å². The summed E-state index contributed by atoms with van der Waals surface area (Å²) in [5.74, 6) is 0. The third-order valence-electron chi connectivity index (χ3n) is 2.48. The molecule has 1 aromatic heterocycles. The lowest BCUT2D eigenvalue weighted by atomic mass is 10.2. The second-order valence-electron chi connectivity index (χ2n) is 3.82. The molecule has 20 heavy (non-hydrogen) atoms. The number of rotatable bonds is 5. The molecule has 0 bridgehead atoms. The van der Waals surface area contributed by atoms with Crippen molar-refractivity contribution in [3.63, 3.8) is 0 Å². The van der Waals surface area contributed by atoms with Crippen LogP contribution in [0.15, 0.2) is 35.5 Å². The lowest BCUT2D eigenvalue weighted by Crippen LogP contribution is -2.27. The zero-order valence-corrected chi connectivity index (χ0v) is 11.8. The first kappa shape index (κ1) is 14.5. The topological polar surface area (TPSA) is 101 Å². The van der Waals surface area contributed by atoms with Crippen LogP contribution in [0.5, 0.6) is 0 Å². The van der Waals surface area contributed by atoms with Crippen molar-refractivity contribution in [2.24, 2.45) is 0 Å². The van der Waals surface area contributed by atoms with Gasteiger partial charge in [-0.25, -0.2) is 13.1 Å². The number of nitrogens with one attached hydrogen (secondary N) is 1. The van der Waals surface area contributed by atoms with E-state index in [1.165, 1.54) is 29.1 Å². The van der Waals surface area contributed by atoms with E-state index in [0.29, 0.717) is 6.54 Å². The van der Waals surface area contributed by atoms with Gasteiger partial charge in [-0.1, -0.05) is 16.8 Å². The third kappa shape index (κ3) is 3.33. The summed E-state index contributed by atoms with van der Waals surface area (Å²) in [6.45, 7) is 0.534. The van der Waals surface area contributed by atoms with Gasteiger partial charge in [0.05, 0.1) is 28.2 Å². The molecule has 1 heterocycles. The van der Waals surface area contributed by atoms with Gasteiger partial charge in [-0.2, -0.15) is 5.26 Å². The molecule has 0 aliphatic carbocycles. The maximum Gasteiger partial charge on any atom is 0.240 e. The predicted octanol–water partition coefficient (Wildman–Crippen LogP) is 0.782. The van der Waals surface area contributed by atoms with Crippen LogP contribution in [-0.4, -0.2) is 30.0 Å². The largest absolute Gasteiger partial charge is 0.251 e. The van der Waals surface area contributed by atoms with Crippen molar-refractivity contribution in [1.82, 2.24) is 19.7 Å². The lowest BCUT2D eigenvalue weighted by Gasteiger charge is -2.07. The zero-order chi connectivity index (χ0) is 14.6. The van der Waals surface area contributed by atoms with Crippen molar-refractivity contribution in [1.29, 1.82) is 5.26 Å². The number of hydrogen-bond donors (Lipinski definition) is 1. The molecule has 7 nitrogen and oxygen atoms in total. The highest BCUT2D eigenvalue weighted by Gasteiger charge is 2.15. The number of nitriles is 1.